The number of benzene rings is 1. The second-order valence-electron chi connectivity index (χ2n) is 10.9. The lowest BCUT2D eigenvalue weighted by molar-refractivity contribution is -0.198. The quantitative estimate of drug-likeness (QED) is 0.656. The van der Waals surface area contributed by atoms with Gasteiger partial charge in [-0.05, 0) is 55.4 Å². The predicted molar refractivity (Wildman–Crippen MR) is 119 cm³/mol. The van der Waals surface area contributed by atoms with E-state index in [-0.39, 0.29) is 43.4 Å². The summed E-state index contributed by atoms with van der Waals surface area (Å²) in [5.74, 6) is -0.528. The number of rotatable bonds is 6. The van der Waals surface area contributed by atoms with Gasteiger partial charge in [-0.1, -0.05) is 30.3 Å². The van der Waals surface area contributed by atoms with Crippen molar-refractivity contribution < 1.29 is 27.9 Å². The van der Waals surface area contributed by atoms with Gasteiger partial charge in [0, 0.05) is 32.2 Å². The molecule has 4 aliphatic carbocycles. The third-order valence-corrected chi connectivity index (χ3v) is 8.60. The fourth-order valence-corrected chi connectivity index (χ4v) is 7.30. The Morgan fingerprint density at radius 3 is 2.35 bits per heavy atom. The van der Waals surface area contributed by atoms with Crippen LogP contribution in [0.4, 0.5) is 13.2 Å². The molecule has 6 rings (SSSR count). The van der Waals surface area contributed by atoms with Crippen LogP contribution in [-0.4, -0.2) is 71.2 Å². The lowest BCUT2D eigenvalue weighted by atomic mass is 9.48. The number of nitrogens with one attached hydrogen (secondary N) is 1. The molecule has 0 aromatic heterocycles. The third kappa shape index (κ3) is 4.56. The molecule has 1 aliphatic heterocycles. The number of nitrogens with zero attached hydrogens (tertiary/aromatic N) is 2. The Balaban J connectivity index is 1.21. The Bertz CT molecular complexity index is 909. The minimum absolute atomic E-state index is 0.104. The van der Waals surface area contributed by atoms with E-state index in [4.69, 9.17) is 0 Å². The van der Waals surface area contributed by atoms with Gasteiger partial charge in [0.2, 0.25) is 5.91 Å². The number of piperazine rings is 1. The second-order valence-corrected chi connectivity index (χ2v) is 10.9. The first-order valence-electron chi connectivity index (χ1n) is 12.2. The van der Waals surface area contributed by atoms with E-state index in [1.165, 1.54) is 4.90 Å². The molecule has 1 aromatic carbocycles. The summed E-state index contributed by atoms with van der Waals surface area (Å²) in [6, 6.07) is 7.62. The highest BCUT2D eigenvalue weighted by atomic mass is 19.4. The van der Waals surface area contributed by atoms with Crippen LogP contribution in [0.5, 0.6) is 0 Å². The van der Waals surface area contributed by atoms with Crippen molar-refractivity contribution in [2.75, 3.05) is 26.2 Å². The number of aliphatic carboxylic acids is 1. The smallest absolute Gasteiger partial charge is 0.405 e. The van der Waals surface area contributed by atoms with Gasteiger partial charge in [-0.2, -0.15) is 13.2 Å². The molecule has 9 heteroatoms. The maximum atomic E-state index is 13.9. The van der Waals surface area contributed by atoms with Crippen LogP contribution in [0.3, 0.4) is 0 Å². The summed E-state index contributed by atoms with van der Waals surface area (Å²) in [7, 11) is 0. The van der Waals surface area contributed by atoms with Crippen LogP contribution in [-0.2, 0) is 16.1 Å². The molecule has 1 amide bonds. The van der Waals surface area contributed by atoms with Gasteiger partial charge in [-0.15, -0.1) is 0 Å². The van der Waals surface area contributed by atoms with Gasteiger partial charge < -0.3 is 10.4 Å². The molecule has 4 bridgehead atoms. The monoisotopic (exact) mass is 479 g/mol. The number of hydrogen-bond donors (Lipinski definition) is 2. The summed E-state index contributed by atoms with van der Waals surface area (Å²) < 4.78 is 41.7. The highest BCUT2D eigenvalue weighted by Gasteiger charge is 2.59. The highest BCUT2D eigenvalue weighted by Crippen LogP contribution is 2.60. The third-order valence-electron chi connectivity index (χ3n) is 8.60. The molecule has 5 aliphatic rings. The number of halogens is 3. The standard InChI is InChI=1S/C25H32F3N3O3/c26-25(27,28)20-14-30(13-16-4-2-1-3-5-16)6-7-31(20)15-21(32)29-22-18-8-17-9-19(22)12-24(10-17,11-18)23(33)34/h1-5,17-20,22H,6-15H2,(H,29,32)(H,33,34). The molecule has 0 spiro atoms. The minimum atomic E-state index is -4.42. The van der Waals surface area contributed by atoms with Crippen LogP contribution >= 0.6 is 0 Å². The van der Waals surface area contributed by atoms with Crippen molar-refractivity contribution in [3.63, 3.8) is 0 Å². The molecule has 186 valence electrons. The number of amides is 1. The minimum Gasteiger partial charge on any atom is -0.481 e. The van der Waals surface area contributed by atoms with Crippen molar-refractivity contribution in [1.29, 1.82) is 0 Å². The molecule has 34 heavy (non-hydrogen) atoms. The highest BCUT2D eigenvalue weighted by molar-refractivity contribution is 5.79. The van der Waals surface area contributed by atoms with E-state index in [0.717, 1.165) is 24.8 Å². The van der Waals surface area contributed by atoms with E-state index < -0.39 is 23.6 Å². The van der Waals surface area contributed by atoms with E-state index in [0.29, 0.717) is 31.8 Å². The van der Waals surface area contributed by atoms with E-state index >= 15 is 0 Å². The Hall–Kier alpha value is -2.13. The van der Waals surface area contributed by atoms with Crippen molar-refractivity contribution >= 4 is 11.9 Å². The van der Waals surface area contributed by atoms with Gasteiger partial charge >= 0.3 is 12.1 Å². The molecule has 3 unspecified atom stereocenters. The van der Waals surface area contributed by atoms with Gasteiger partial charge in [0.05, 0.1) is 12.0 Å². The average molecular weight is 480 g/mol. The van der Waals surface area contributed by atoms with Gasteiger partial charge in [-0.25, -0.2) is 0 Å². The van der Waals surface area contributed by atoms with Gasteiger partial charge in [0.15, 0.2) is 0 Å². The number of carbonyl (C=O) groups is 2. The van der Waals surface area contributed by atoms with Crippen molar-refractivity contribution in [1.82, 2.24) is 15.1 Å². The summed E-state index contributed by atoms with van der Waals surface area (Å²) in [4.78, 5) is 27.9. The molecular formula is C25H32F3N3O3. The molecule has 1 saturated heterocycles. The molecule has 2 N–H and O–H groups in total. The predicted octanol–water partition coefficient (Wildman–Crippen LogP) is 3.13. The maximum Gasteiger partial charge on any atom is 0.405 e. The van der Waals surface area contributed by atoms with Crippen LogP contribution < -0.4 is 5.32 Å². The average Bonchev–Trinajstić information content (AvgIpc) is 2.77. The largest absolute Gasteiger partial charge is 0.481 e. The van der Waals surface area contributed by atoms with E-state index in [2.05, 4.69) is 5.32 Å². The van der Waals surface area contributed by atoms with Crippen molar-refractivity contribution in [3.05, 3.63) is 35.9 Å². The normalized spacial score (nSPS) is 35.9. The zero-order valence-electron chi connectivity index (χ0n) is 19.1. The van der Waals surface area contributed by atoms with Gasteiger partial charge in [0.1, 0.15) is 6.04 Å². The fourth-order valence-electron chi connectivity index (χ4n) is 7.30. The summed E-state index contributed by atoms with van der Waals surface area (Å²) in [5.41, 5.74) is 0.296. The molecule has 1 aromatic rings. The number of alkyl halides is 3. The molecule has 0 radical (unpaired) electrons. The van der Waals surface area contributed by atoms with Crippen LogP contribution in [0.1, 0.15) is 37.7 Å². The number of hydrogen-bond acceptors (Lipinski definition) is 4. The van der Waals surface area contributed by atoms with E-state index in [9.17, 15) is 27.9 Å². The van der Waals surface area contributed by atoms with E-state index in [1.54, 1.807) is 4.90 Å². The molecular weight excluding hydrogens is 447 g/mol. The summed E-state index contributed by atoms with van der Waals surface area (Å²) in [6.45, 7) is 0.639. The van der Waals surface area contributed by atoms with Gasteiger partial charge in [0.25, 0.3) is 0 Å². The van der Waals surface area contributed by atoms with Crippen LogP contribution in [0.2, 0.25) is 0 Å². The molecule has 1 heterocycles. The summed E-state index contributed by atoms with van der Waals surface area (Å²) in [5, 5.41) is 12.8. The Morgan fingerprint density at radius 1 is 1.06 bits per heavy atom. The fraction of sp³-hybridized carbons (Fsp3) is 0.680. The first-order valence-corrected chi connectivity index (χ1v) is 12.2. The zero-order chi connectivity index (χ0) is 24.1. The molecule has 4 saturated carbocycles. The number of carbonyl (C=O) groups excluding carboxylic acids is 1. The van der Waals surface area contributed by atoms with Crippen LogP contribution in [0, 0.1) is 23.2 Å². The van der Waals surface area contributed by atoms with Crippen molar-refractivity contribution in [2.24, 2.45) is 23.2 Å². The summed E-state index contributed by atoms with van der Waals surface area (Å²) >= 11 is 0. The molecule has 3 atom stereocenters. The first-order chi connectivity index (χ1) is 16.1. The second kappa shape index (κ2) is 8.82. The van der Waals surface area contributed by atoms with E-state index in [1.807, 2.05) is 30.3 Å². The molecule has 6 nitrogen and oxygen atoms in total. The Morgan fingerprint density at radius 2 is 1.74 bits per heavy atom. The zero-order valence-corrected chi connectivity index (χ0v) is 19.1. The lowest BCUT2D eigenvalue weighted by Gasteiger charge is -2.58. The number of carboxylic acids is 1. The number of carboxylic acid groups (broad SMARTS) is 1. The van der Waals surface area contributed by atoms with Crippen LogP contribution in [0.25, 0.3) is 0 Å². The summed E-state index contributed by atoms with van der Waals surface area (Å²) in [6.07, 6.45) is -0.782. The SMILES string of the molecule is O=C(CN1CCN(Cc2ccccc2)CC1C(F)(F)F)NC1C2CC3CC1CC(C(=O)O)(C3)C2. The Labute approximate surface area is 197 Å². The molecule has 5 fully saturated rings. The lowest BCUT2D eigenvalue weighted by Crippen LogP contribution is -2.63. The van der Waals surface area contributed by atoms with Gasteiger partial charge in [-0.3, -0.25) is 19.4 Å². The topological polar surface area (TPSA) is 72.9 Å². The van der Waals surface area contributed by atoms with Crippen LogP contribution in [0.15, 0.2) is 30.3 Å². The first kappa shape index (κ1) is 23.6. The Kier molecular flexibility index (Phi) is 6.13. The maximum absolute atomic E-state index is 13.9. The van der Waals surface area contributed by atoms with Crippen molar-refractivity contribution in [2.45, 2.75) is 56.9 Å². The van der Waals surface area contributed by atoms with Crippen molar-refractivity contribution in [3.8, 4) is 0 Å².